The van der Waals surface area contributed by atoms with Gasteiger partial charge in [-0.2, -0.15) is 0 Å². The van der Waals surface area contributed by atoms with E-state index in [0.29, 0.717) is 12.3 Å². The third-order valence-corrected chi connectivity index (χ3v) is 5.25. The molecule has 0 fully saturated rings. The van der Waals surface area contributed by atoms with Crippen LogP contribution in [0.1, 0.15) is 27.7 Å². The molecule has 0 aromatic carbocycles. The summed E-state index contributed by atoms with van der Waals surface area (Å²) < 4.78 is 1.96. The molecule has 0 aliphatic rings. The van der Waals surface area contributed by atoms with Gasteiger partial charge in [0.05, 0.1) is 11.9 Å². The summed E-state index contributed by atoms with van der Waals surface area (Å²) in [6, 6.07) is 2.02. The molecule has 8 heteroatoms. The number of anilines is 1. The molecule has 4 aromatic heterocycles. The summed E-state index contributed by atoms with van der Waals surface area (Å²) in [7, 11) is 0. The van der Waals surface area contributed by atoms with Crippen LogP contribution >= 0.6 is 11.3 Å². The topological polar surface area (TPSA) is 80.9 Å². The van der Waals surface area contributed by atoms with Crippen molar-refractivity contribution in [1.29, 1.82) is 0 Å². The number of fused-ring (bicyclic) bond motifs is 2. The van der Waals surface area contributed by atoms with E-state index in [2.05, 4.69) is 44.3 Å². The van der Waals surface area contributed by atoms with E-state index in [1.165, 1.54) is 10.4 Å². The van der Waals surface area contributed by atoms with Crippen LogP contribution < -0.4 is 5.32 Å². The first-order valence-electron chi connectivity index (χ1n) is 7.67. The molecule has 7 nitrogen and oxygen atoms in total. The quantitative estimate of drug-likeness (QED) is 0.618. The van der Waals surface area contributed by atoms with E-state index in [1.54, 1.807) is 17.7 Å². The lowest BCUT2D eigenvalue weighted by molar-refractivity contribution is 0.888. The Kier molecular flexibility index (Phi) is 3.42. The molecule has 0 spiro atoms. The minimum absolute atomic E-state index is 0.521. The van der Waals surface area contributed by atoms with Gasteiger partial charge in [-0.05, 0) is 39.3 Å². The van der Waals surface area contributed by atoms with Gasteiger partial charge in [0.2, 0.25) is 0 Å². The molecule has 0 atom stereocenters. The fraction of sp³-hybridized carbons (Fsp3) is 0.312. The Hall–Kier alpha value is -2.61. The highest BCUT2D eigenvalue weighted by molar-refractivity contribution is 7.18. The highest BCUT2D eigenvalue weighted by Gasteiger charge is 2.14. The number of nitrogens with zero attached hydrogens (tertiary/aromatic N) is 6. The van der Waals surface area contributed by atoms with Crippen LogP contribution in [0.25, 0.3) is 16.0 Å². The van der Waals surface area contributed by atoms with Gasteiger partial charge < -0.3 is 5.32 Å². The Balaban J connectivity index is 1.71. The van der Waals surface area contributed by atoms with Gasteiger partial charge in [0.25, 0.3) is 5.78 Å². The molecule has 0 saturated carbocycles. The van der Waals surface area contributed by atoms with Crippen LogP contribution in [0, 0.1) is 27.7 Å². The monoisotopic (exact) mass is 339 g/mol. The number of aromatic nitrogens is 6. The second-order valence-electron chi connectivity index (χ2n) is 5.83. The fourth-order valence-corrected chi connectivity index (χ4v) is 3.89. The first-order valence-corrected chi connectivity index (χ1v) is 8.49. The smallest absolute Gasteiger partial charge is 0.255 e. The van der Waals surface area contributed by atoms with Crippen molar-refractivity contribution in [3.8, 4) is 0 Å². The van der Waals surface area contributed by atoms with Crippen LogP contribution in [0.5, 0.6) is 0 Å². The van der Waals surface area contributed by atoms with E-state index < -0.39 is 0 Å². The lowest BCUT2D eigenvalue weighted by Crippen LogP contribution is -2.08. The maximum atomic E-state index is 4.42. The van der Waals surface area contributed by atoms with Crippen LogP contribution in [0.3, 0.4) is 0 Å². The lowest BCUT2D eigenvalue weighted by atomic mass is 10.2. The molecule has 4 aromatic rings. The Bertz CT molecular complexity index is 1060. The summed E-state index contributed by atoms with van der Waals surface area (Å²) in [5, 5.41) is 12.9. The number of thiophene rings is 1. The molecular formula is C16H17N7S. The maximum absolute atomic E-state index is 4.42. The van der Waals surface area contributed by atoms with Gasteiger partial charge in [-0.3, -0.25) is 4.40 Å². The van der Waals surface area contributed by atoms with Crippen molar-refractivity contribution >= 4 is 33.1 Å². The Labute approximate surface area is 142 Å². The third-order valence-electron chi connectivity index (χ3n) is 4.14. The number of aryl methyl sites for hydroxylation is 4. The van der Waals surface area contributed by atoms with Crippen molar-refractivity contribution in [3.05, 3.63) is 40.0 Å². The van der Waals surface area contributed by atoms with Crippen LogP contribution in [0.2, 0.25) is 0 Å². The SMILES string of the molecule is Cc1cc(C)n2c(CNc3ncnc4sc(C)c(C)c34)nnc2n1. The van der Waals surface area contributed by atoms with Gasteiger partial charge in [-0.25, -0.2) is 15.0 Å². The zero-order valence-corrected chi connectivity index (χ0v) is 14.8. The average molecular weight is 339 g/mol. The predicted octanol–water partition coefficient (Wildman–Crippen LogP) is 2.97. The third kappa shape index (κ3) is 2.30. The molecule has 0 amide bonds. The summed E-state index contributed by atoms with van der Waals surface area (Å²) in [5.41, 5.74) is 3.22. The number of rotatable bonds is 3. The molecule has 122 valence electrons. The lowest BCUT2D eigenvalue weighted by Gasteiger charge is -2.08. The molecule has 4 rings (SSSR count). The van der Waals surface area contributed by atoms with E-state index in [9.17, 15) is 0 Å². The van der Waals surface area contributed by atoms with Crippen LogP contribution in [-0.4, -0.2) is 29.5 Å². The van der Waals surface area contributed by atoms with Gasteiger partial charge >= 0.3 is 0 Å². The van der Waals surface area contributed by atoms with Gasteiger partial charge in [0.1, 0.15) is 17.0 Å². The summed E-state index contributed by atoms with van der Waals surface area (Å²) in [5.74, 6) is 2.27. The Morgan fingerprint density at radius 2 is 1.96 bits per heavy atom. The van der Waals surface area contributed by atoms with Crippen molar-refractivity contribution in [2.24, 2.45) is 0 Å². The molecule has 4 heterocycles. The summed E-state index contributed by atoms with van der Waals surface area (Å²) in [6.07, 6.45) is 1.60. The van der Waals surface area contributed by atoms with Crippen LogP contribution in [0.15, 0.2) is 12.4 Å². The van der Waals surface area contributed by atoms with E-state index in [-0.39, 0.29) is 0 Å². The first kappa shape index (κ1) is 14.9. The van der Waals surface area contributed by atoms with Crippen molar-refractivity contribution < 1.29 is 0 Å². The Morgan fingerprint density at radius 1 is 1.12 bits per heavy atom. The van der Waals surface area contributed by atoms with Crippen LogP contribution in [-0.2, 0) is 6.54 Å². The molecule has 0 saturated heterocycles. The van der Waals surface area contributed by atoms with Gasteiger partial charge in [-0.15, -0.1) is 21.5 Å². The zero-order chi connectivity index (χ0) is 16.8. The molecule has 24 heavy (non-hydrogen) atoms. The second kappa shape index (κ2) is 5.48. The van der Waals surface area contributed by atoms with E-state index in [4.69, 9.17) is 0 Å². The number of hydrogen-bond acceptors (Lipinski definition) is 7. The summed E-state index contributed by atoms with van der Waals surface area (Å²) in [6.45, 7) is 8.72. The van der Waals surface area contributed by atoms with E-state index in [1.807, 2.05) is 24.3 Å². The van der Waals surface area contributed by atoms with Crippen molar-refractivity contribution in [1.82, 2.24) is 29.5 Å². The molecule has 0 bridgehead atoms. The Morgan fingerprint density at radius 3 is 2.79 bits per heavy atom. The predicted molar refractivity (Wildman–Crippen MR) is 94.5 cm³/mol. The fourth-order valence-electron chi connectivity index (χ4n) is 2.89. The molecule has 0 radical (unpaired) electrons. The highest BCUT2D eigenvalue weighted by atomic mass is 32.1. The highest BCUT2D eigenvalue weighted by Crippen LogP contribution is 2.32. The number of nitrogens with one attached hydrogen (secondary N) is 1. The molecule has 0 aliphatic heterocycles. The van der Waals surface area contributed by atoms with E-state index in [0.717, 1.165) is 33.2 Å². The van der Waals surface area contributed by atoms with Gasteiger partial charge in [-0.1, -0.05) is 0 Å². The standard InChI is InChI=1S/C16H17N7S/c1-8-5-9(2)23-12(21-22-16(23)20-8)6-17-14-13-10(3)11(4)24-15(13)19-7-18-14/h5,7H,6H2,1-4H3,(H,17,18,19). The second-order valence-corrected chi connectivity index (χ2v) is 7.03. The molecule has 0 aliphatic carbocycles. The van der Waals surface area contributed by atoms with Crippen LogP contribution in [0.4, 0.5) is 5.82 Å². The summed E-state index contributed by atoms with van der Waals surface area (Å²) >= 11 is 1.69. The van der Waals surface area contributed by atoms with Crippen molar-refractivity contribution in [2.75, 3.05) is 5.32 Å². The molecule has 1 N–H and O–H groups in total. The average Bonchev–Trinajstić information content (AvgIpc) is 3.07. The largest absolute Gasteiger partial charge is 0.362 e. The minimum atomic E-state index is 0.521. The maximum Gasteiger partial charge on any atom is 0.255 e. The van der Waals surface area contributed by atoms with E-state index >= 15 is 0 Å². The molecular weight excluding hydrogens is 322 g/mol. The van der Waals surface area contributed by atoms with Crippen molar-refractivity contribution in [3.63, 3.8) is 0 Å². The van der Waals surface area contributed by atoms with Gasteiger partial charge in [0.15, 0.2) is 5.82 Å². The normalized spacial score (nSPS) is 11.5. The number of hydrogen-bond donors (Lipinski definition) is 1. The zero-order valence-electron chi connectivity index (χ0n) is 14.0. The first-order chi connectivity index (χ1) is 11.5. The van der Waals surface area contributed by atoms with Crippen molar-refractivity contribution in [2.45, 2.75) is 34.2 Å². The minimum Gasteiger partial charge on any atom is -0.362 e. The van der Waals surface area contributed by atoms with Gasteiger partial charge in [0, 0.05) is 16.3 Å². The summed E-state index contributed by atoms with van der Waals surface area (Å²) in [4.78, 5) is 15.5. The molecule has 0 unspecified atom stereocenters.